The van der Waals surface area contributed by atoms with Crippen molar-refractivity contribution in [3.63, 3.8) is 0 Å². The molecule has 0 spiro atoms. The Labute approximate surface area is 137 Å². The van der Waals surface area contributed by atoms with Gasteiger partial charge in [0.25, 0.3) is 0 Å². The molecular weight excluding hydrogens is 288 g/mol. The number of ether oxygens (including phenoxy) is 2. The van der Waals surface area contributed by atoms with Crippen LogP contribution in [0.15, 0.2) is 67.3 Å². The van der Waals surface area contributed by atoms with Gasteiger partial charge in [0.2, 0.25) is 0 Å². The Morgan fingerprint density at radius 2 is 1.52 bits per heavy atom. The van der Waals surface area contributed by atoms with Crippen molar-refractivity contribution in [2.45, 2.75) is 19.3 Å². The van der Waals surface area contributed by atoms with Gasteiger partial charge in [-0.3, -0.25) is 0 Å². The smallest absolute Gasteiger partial charge is 0.330 e. The lowest BCUT2D eigenvalue weighted by molar-refractivity contribution is -0.137. The van der Waals surface area contributed by atoms with Crippen LogP contribution in [0.4, 0.5) is 0 Å². The van der Waals surface area contributed by atoms with E-state index >= 15 is 0 Å². The van der Waals surface area contributed by atoms with Crippen LogP contribution < -0.4 is 4.74 Å². The highest BCUT2D eigenvalue weighted by Gasteiger charge is 1.99. The lowest BCUT2D eigenvalue weighted by Crippen LogP contribution is -2.03. The zero-order chi connectivity index (χ0) is 16.3. The van der Waals surface area contributed by atoms with Gasteiger partial charge in [0.05, 0.1) is 13.2 Å². The van der Waals surface area contributed by atoms with E-state index in [1.165, 1.54) is 17.2 Å². The summed E-state index contributed by atoms with van der Waals surface area (Å²) in [6, 6.07) is 18.4. The van der Waals surface area contributed by atoms with Crippen LogP contribution in [0.3, 0.4) is 0 Å². The summed E-state index contributed by atoms with van der Waals surface area (Å²) in [7, 11) is 0. The van der Waals surface area contributed by atoms with Crippen LogP contribution >= 0.6 is 0 Å². The quantitative estimate of drug-likeness (QED) is 0.385. The first-order valence-corrected chi connectivity index (χ1v) is 7.87. The maximum Gasteiger partial charge on any atom is 0.330 e. The molecule has 0 unspecified atom stereocenters. The predicted octanol–water partition coefficient (Wildman–Crippen LogP) is 4.63. The topological polar surface area (TPSA) is 35.5 Å². The Hall–Kier alpha value is -2.55. The highest BCUT2D eigenvalue weighted by molar-refractivity contribution is 5.81. The molecular formula is C20H22O3. The first kappa shape index (κ1) is 16.8. The molecule has 0 aliphatic heterocycles. The van der Waals surface area contributed by atoms with E-state index in [4.69, 9.17) is 9.47 Å². The molecule has 0 amide bonds. The molecule has 0 aliphatic carbocycles. The second-order valence-electron chi connectivity index (χ2n) is 5.17. The molecule has 2 rings (SSSR count). The molecule has 0 saturated carbocycles. The second-order valence-corrected chi connectivity index (χ2v) is 5.17. The van der Waals surface area contributed by atoms with Crippen molar-refractivity contribution < 1.29 is 14.3 Å². The molecule has 0 atom stereocenters. The van der Waals surface area contributed by atoms with Gasteiger partial charge in [-0.15, -0.1) is 0 Å². The van der Waals surface area contributed by atoms with Crippen molar-refractivity contribution in [2.24, 2.45) is 0 Å². The number of carbonyl (C=O) groups excluding carboxylic acids is 1. The predicted molar refractivity (Wildman–Crippen MR) is 92.4 cm³/mol. The van der Waals surface area contributed by atoms with Crippen molar-refractivity contribution in [3.8, 4) is 16.9 Å². The number of carbonyl (C=O) groups is 1. The second kappa shape index (κ2) is 9.46. The summed E-state index contributed by atoms with van der Waals surface area (Å²) < 4.78 is 10.6. The van der Waals surface area contributed by atoms with E-state index in [1.807, 2.05) is 30.3 Å². The van der Waals surface area contributed by atoms with Crippen molar-refractivity contribution in [1.82, 2.24) is 0 Å². The molecule has 3 nitrogen and oxygen atoms in total. The van der Waals surface area contributed by atoms with Crippen LogP contribution in [0.5, 0.6) is 5.75 Å². The third-order valence-electron chi connectivity index (χ3n) is 3.43. The molecule has 0 radical (unpaired) electrons. The fourth-order valence-corrected chi connectivity index (χ4v) is 2.18. The third-order valence-corrected chi connectivity index (χ3v) is 3.43. The Morgan fingerprint density at radius 3 is 2.22 bits per heavy atom. The SMILES string of the molecule is C=CC(=O)OCCCCCOc1ccc(-c2ccccc2)cc1. The summed E-state index contributed by atoms with van der Waals surface area (Å²) in [6.07, 6.45) is 3.93. The van der Waals surface area contributed by atoms with E-state index in [2.05, 4.69) is 30.8 Å². The zero-order valence-electron chi connectivity index (χ0n) is 13.2. The van der Waals surface area contributed by atoms with Crippen LogP contribution in [-0.2, 0) is 9.53 Å². The van der Waals surface area contributed by atoms with Gasteiger partial charge in [-0.05, 0) is 42.5 Å². The van der Waals surface area contributed by atoms with Gasteiger partial charge in [-0.1, -0.05) is 49.0 Å². The molecule has 0 aliphatic rings. The monoisotopic (exact) mass is 310 g/mol. The molecule has 3 heteroatoms. The summed E-state index contributed by atoms with van der Waals surface area (Å²) in [5, 5.41) is 0. The van der Waals surface area contributed by atoms with Gasteiger partial charge in [0.1, 0.15) is 5.75 Å². The molecule has 0 heterocycles. The first-order valence-electron chi connectivity index (χ1n) is 7.87. The zero-order valence-corrected chi connectivity index (χ0v) is 13.2. The Balaban J connectivity index is 1.65. The number of hydrogen-bond donors (Lipinski definition) is 0. The van der Waals surface area contributed by atoms with Crippen molar-refractivity contribution >= 4 is 5.97 Å². The van der Waals surface area contributed by atoms with Crippen molar-refractivity contribution in [3.05, 3.63) is 67.3 Å². The average molecular weight is 310 g/mol. The minimum absolute atomic E-state index is 0.361. The third kappa shape index (κ3) is 5.99. The van der Waals surface area contributed by atoms with E-state index in [1.54, 1.807) is 0 Å². The number of hydrogen-bond acceptors (Lipinski definition) is 3. The fraction of sp³-hybridized carbons (Fsp3) is 0.250. The molecule has 0 bridgehead atoms. The van der Waals surface area contributed by atoms with E-state index in [0.29, 0.717) is 13.2 Å². The minimum atomic E-state index is -0.361. The van der Waals surface area contributed by atoms with Gasteiger partial charge in [-0.25, -0.2) is 4.79 Å². The number of unbranched alkanes of at least 4 members (excludes halogenated alkanes) is 2. The van der Waals surface area contributed by atoms with Crippen LogP contribution in [0, 0.1) is 0 Å². The van der Waals surface area contributed by atoms with Gasteiger partial charge >= 0.3 is 5.97 Å². The summed E-state index contributed by atoms with van der Waals surface area (Å²) in [6.45, 7) is 4.46. The van der Waals surface area contributed by atoms with Gasteiger partial charge in [-0.2, -0.15) is 0 Å². The minimum Gasteiger partial charge on any atom is -0.494 e. The van der Waals surface area contributed by atoms with Crippen molar-refractivity contribution in [1.29, 1.82) is 0 Å². The van der Waals surface area contributed by atoms with E-state index in [9.17, 15) is 4.79 Å². The van der Waals surface area contributed by atoms with Crippen molar-refractivity contribution in [2.75, 3.05) is 13.2 Å². The van der Waals surface area contributed by atoms with Gasteiger partial charge in [0, 0.05) is 6.08 Å². The van der Waals surface area contributed by atoms with Crippen LogP contribution in [-0.4, -0.2) is 19.2 Å². The number of rotatable bonds is 9. The standard InChI is InChI=1S/C20H22O3/c1-2-20(21)23-16-8-4-7-15-22-19-13-11-18(12-14-19)17-9-5-3-6-10-17/h2-3,5-6,9-14H,1,4,7-8,15-16H2. The summed E-state index contributed by atoms with van der Waals surface area (Å²) in [5.74, 6) is 0.516. The largest absolute Gasteiger partial charge is 0.494 e. The summed E-state index contributed by atoms with van der Waals surface area (Å²) in [5.41, 5.74) is 2.38. The van der Waals surface area contributed by atoms with Gasteiger partial charge in [0.15, 0.2) is 0 Å². The van der Waals surface area contributed by atoms with Gasteiger partial charge < -0.3 is 9.47 Å². The Morgan fingerprint density at radius 1 is 0.870 bits per heavy atom. The van der Waals surface area contributed by atoms with E-state index in [-0.39, 0.29) is 5.97 Å². The van der Waals surface area contributed by atoms with Crippen LogP contribution in [0.2, 0.25) is 0 Å². The van der Waals surface area contributed by atoms with Crippen LogP contribution in [0.25, 0.3) is 11.1 Å². The lowest BCUT2D eigenvalue weighted by atomic mass is 10.1. The molecule has 2 aromatic carbocycles. The summed E-state index contributed by atoms with van der Waals surface area (Å²) in [4.78, 5) is 10.9. The first-order chi connectivity index (χ1) is 11.3. The highest BCUT2D eigenvalue weighted by atomic mass is 16.5. The molecule has 120 valence electrons. The Bertz CT molecular complexity index is 603. The molecule has 0 fully saturated rings. The molecule has 2 aromatic rings. The number of benzene rings is 2. The molecule has 23 heavy (non-hydrogen) atoms. The maximum absolute atomic E-state index is 10.9. The fourth-order valence-electron chi connectivity index (χ4n) is 2.18. The highest BCUT2D eigenvalue weighted by Crippen LogP contribution is 2.22. The Kier molecular flexibility index (Phi) is 6.92. The normalized spacial score (nSPS) is 10.1. The lowest BCUT2D eigenvalue weighted by Gasteiger charge is -2.07. The summed E-state index contributed by atoms with van der Waals surface area (Å²) >= 11 is 0. The van der Waals surface area contributed by atoms with E-state index in [0.717, 1.165) is 25.0 Å². The molecule has 0 saturated heterocycles. The average Bonchev–Trinajstić information content (AvgIpc) is 2.62. The molecule has 0 N–H and O–H groups in total. The van der Waals surface area contributed by atoms with Crippen LogP contribution in [0.1, 0.15) is 19.3 Å². The maximum atomic E-state index is 10.9. The number of esters is 1. The molecule has 0 aromatic heterocycles. The van der Waals surface area contributed by atoms with E-state index < -0.39 is 0 Å².